The third kappa shape index (κ3) is 2.56. The summed E-state index contributed by atoms with van der Waals surface area (Å²) < 4.78 is 2.62. The van der Waals surface area contributed by atoms with Crippen molar-refractivity contribution >= 4 is 26.7 Å². The average Bonchev–Trinajstić information content (AvgIpc) is 2.32. The summed E-state index contributed by atoms with van der Waals surface area (Å²) in [7, 11) is 0. The Balaban J connectivity index is 2.41. The van der Waals surface area contributed by atoms with Crippen LogP contribution < -0.4 is 5.56 Å². The van der Waals surface area contributed by atoms with Gasteiger partial charge in [-0.3, -0.25) is 4.79 Å². The minimum absolute atomic E-state index is 0.00735. The van der Waals surface area contributed by atoms with Crippen molar-refractivity contribution in [1.82, 2.24) is 4.57 Å². The maximum absolute atomic E-state index is 12.1. The number of nitrogens with zero attached hydrogens (tertiary/aromatic N) is 2. The number of pyridine rings is 1. The first-order valence-electron chi connectivity index (χ1n) is 5.38. The molecular weight excluding hydrogens is 280 g/mol. The predicted octanol–water partition coefficient (Wildman–Crippen LogP) is 3.07. The number of nitriles is 1. The van der Waals surface area contributed by atoms with Gasteiger partial charge >= 0.3 is 0 Å². The molecule has 0 aliphatic rings. The zero-order chi connectivity index (χ0) is 12.3. The molecule has 0 bridgehead atoms. The van der Waals surface area contributed by atoms with E-state index in [1.54, 1.807) is 10.8 Å². The summed E-state index contributed by atoms with van der Waals surface area (Å²) in [5.74, 6) is 0. The summed E-state index contributed by atoms with van der Waals surface area (Å²) in [5, 5.41) is 10.1. The molecule has 2 aromatic rings. The van der Waals surface area contributed by atoms with Gasteiger partial charge in [0.2, 0.25) is 0 Å². The van der Waals surface area contributed by atoms with Crippen LogP contribution in [0.15, 0.2) is 39.7 Å². The summed E-state index contributed by atoms with van der Waals surface area (Å²) in [4.78, 5) is 12.1. The number of halogens is 1. The van der Waals surface area contributed by atoms with Gasteiger partial charge in [0.25, 0.3) is 5.56 Å². The van der Waals surface area contributed by atoms with Crippen molar-refractivity contribution in [2.45, 2.75) is 19.4 Å². The van der Waals surface area contributed by atoms with E-state index in [1.807, 2.05) is 24.3 Å². The van der Waals surface area contributed by atoms with E-state index in [1.165, 1.54) is 0 Å². The van der Waals surface area contributed by atoms with Crippen LogP contribution in [0.4, 0.5) is 0 Å². The monoisotopic (exact) mass is 290 g/mol. The van der Waals surface area contributed by atoms with Gasteiger partial charge in [-0.25, -0.2) is 0 Å². The molecule has 0 unspecified atom stereocenters. The maximum atomic E-state index is 12.1. The number of unbranched alkanes of at least 4 members (excludes halogenated alkanes) is 1. The van der Waals surface area contributed by atoms with Crippen LogP contribution in [0.25, 0.3) is 10.8 Å². The smallest absolute Gasteiger partial charge is 0.258 e. The van der Waals surface area contributed by atoms with Crippen molar-refractivity contribution in [3.05, 3.63) is 45.3 Å². The SMILES string of the molecule is N#CCCCn1ccc2cc(Br)ccc2c1=O. The van der Waals surface area contributed by atoms with E-state index in [0.717, 1.165) is 9.86 Å². The van der Waals surface area contributed by atoms with Crippen LogP contribution >= 0.6 is 15.9 Å². The van der Waals surface area contributed by atoms with Crippen molar-refractivity contribution < 1.29 is 0 Å². The summed E-state index contributed by atoms with van der Waals surface area (Å²) in [6.07, 6.45) is 2.97. The third-order valence-electron chi connectivity index (χ3n) is 2.63. The fraction of sp³-hybridized carbons (Fsp3) is 0.231. The van der Waals surface area contributed by atoms with Crippen LogP contribution in [0, 0.1) is 11.3 Å². The van der Waals surface area contributed by atoms with E-state index >= 15 is 0 Å². The van der Waals surface area contributed by atoms with Gasteiger partial charge in [-0.2, -0.15) is 5.26 Å². The number of hydrogen-bond donors (Lipinski definition) is 0. The van der Waals surface area contributed by atoms with Gasteiger partial charge in [-0.15, -0.1) is 0 Å². The molecule has 0 N–H and O–H groups in total. The minimum Gasteiger partial charge on any atom is -0.315 e. The molecular formula is C13H11BrN2O. The predicted molar refractivity (Wildman–Crippen MR) is 70.8 cm³/mol. The van der Waals surface area contributed by atoms with Crippen LogP contribution in [0.3, 0.4) is 0 Å². The fourth-order valence-electron chi connectivity index (χ4n) is 1.76. The lowest BCUT2D eigenvalue weighted by Gasteiger charge is -2.06. The lowest BCUT2D eigenvalue weighted by Crippen LogP contribution is -2.19. The molecule has 0 radical (unpaired) electrons. The van der Waals surface area contributed by atoms with Gasteiger partial charge in [0.15, 0.2) is 0 Å². The summed E-state index contributed by atoms with van der Waals surface area (Å²) >= 11 is 3.38. The molecule has 0 saturated heterocycles. The zero-order valence-corrected chi connectivity index (χ0v) is 10.8. The van der Waals surface area contributed by atoms with E-state index in [9.17, 15) is 4.79 Å². The van der Waals surface area contributed by atoms with Crippen LogP contribution in [0.5, 0.6) is 0 Å². The van der Waals surface area contributed by atoms with Crippen LogP contribution in [-0.2, 0) is 6.54 Å². The molecule has 0 aliphatic carbocycles. The highest BCUT2D eigenvalue weighted by Crippen LogP contribution is 2.16. The van der Waals surface area contributed by atoms with Crippen molar-refractivity contribution in [2.24, 2.45) is 0 Å². The Morgan fingerprint density at radius 1 is 1.35 bits per heavy atom. The molecule has 4 heteroatoms. The first-order valence-corrected chi connectivity index (χ1v) is 6.17. The lowest BCUT2D eigenvalue weighted by molar-refractivity contribution is 0.636. The number of fused-ring (bicyclic) bond motifs is 1. The summed E-state index contributed by atoms with van der Waals surface area (Å²) in [6, 6.07) is 9.62. The fourth-order valence-corrected chi connectivity index (χ4v) is 2.14. The Morgan fingerprint density at radius 2 is 2.18 bits per heavy atom. The van der Waals surface area contributed by atoms with Crippen molar-refractivity contribution in [1.29, 1.82) is 5.26 Å². The average molecular weight is 291 g/mol. The van der Waals surface area contributed by atoms with Crippen LogP contribution in [0.1, 0.15) is 12.8 Å². The van der Waals surface area contributed by atoms with Gasteiger partial charge in [0, 0.05) is 29.0 Å². The molecule has 0 saturated carbocycles. The Bertz CT molecular complexity index is 640. The molecule has 0 atom stereocenters. The third-order valence-corrected chi connectivity index (χ3v) is 3.12. The highest BCUT2D eigenvalue weighted by Gasteiger charge is 2.02. The molecule has 1 heterocycles. The number of hydrogen-bond acceptors (Lipinski definition) is 2. The molecule has 0 amide bonds. The number of aromatic nitrogens is 1. The Kier molecular flexibility index (Phi) is 3.60. The summed E-state index contributed by atoms with van der Waals surface area (Å²) in [5.41, 5.74) is 0.00735. The first kappa shape index (κ1) is 11.9. The Labute approximate surface area is 107 Å². The molecule has 2 rings (SSSR count). The Hall–Kier alpha value is -1.60. The zero-order valence-electron chi connectivity index (χ0n) is 9.19. The van der Waals surface area contributed by atoms with Gasteiger partial charge in [0.1, 0.15) is 0 Å². The molecule has 3 nitrogen and oxygen atoms in total. The number of rotatable bonds is 3. The van der Waals surface area contributed by atoms with Crippen molar-refractivity contribution in [3.63, 3.8) is 0 Å². The minimum atomic E-state index is 0.00735. The maximum Gasteiger partial charge on any atom is 0.258 e. The van der Waals surface area contributed by atoms with E-state index in [4.69, 9.17) is 5.26 Å². The highest BCUT2D eigenvalue weighted by atomic mass is 79.9. The van der Waals surface area contributed by atoms with Crippen LogP contribution in [0.2, 0.25) is 0 Å². The van der Waals surface area contributed by atoms with E-state index < -0.39 is 0 Å². The molecule has 0 aliphatic heterocycles. The quantitative estimate of drug-likeness (QED) is 0.816. The molecule has 17 heavy (non-hydrogen) atoms. The summed E-state index contributed by atoms with van der Waals surface area (Å²) in [6.45, 7) is 0.596. The normalized spacial score (nSPS) is 10.4. The molecule has 86 valence electrons. The molecule has 0 fully saturated rings. The lowest BCUT2D eigenvalue weighted by atomic mass is 10.2. The van der Waals surface area contributed by atoms with Crippen LogP contribution in [-0.4, -0.2) is 4.57 Å². The second kappa shape index (κ2) is 5.15. The number of benzene rings is 1. The van der Waals surface area contributed by atoms with Gasteiger partial charge in [-0.1, -0.05) is 15.9 Å². The topological polar surface area (TPSA) is 45.8 Å². The molecule has 1 aromatic heterocycles. The second-order valence-corrected chi connectivity index (χ2v) is 4.72. The number of aryl methyl sites for hydroxylation is 1. The van der Waals surface area contributed by atoms with Crippen molar-refractivity contribution in [2.75, 3.05) is 0 Å². The standard InChI is InChI=1S/C13H11BrN2O/c14-11-3-4-12-10(9-11)5-8-16(13(12)17)7-2-1-6-15/h3-5,8-9H,1-2,7H2. The van der Waals surface area contributed by atoms with Gasteiger partial charge in [-0.05, 0) is 36.1 Å². The van der Waals surface area contributed by atoms with Crippen molar-refractivity contribution in [3.8, 4) is 6.07 Å². The van der Waals surface area contributed by atoms with E-state index in [-0.39, 0.29) is 5.56 Å². The largest absolute Gasteiger partial charge is 0.315 e. The second-order valence-electron chi connectivity index (χ2n) is 3.81. The van der Waals surface area contributed by atoms with Gasteiger partial charge < -0.3 is 4.57 Å². The molecule has 1 aromatic carbocycles. The molecule has 0 spiro atoms. The first-order chi connectivity index (χ1) is 8.22. The highest BCUT2D eigenvalue weighted by molar-refractivity contribution is 9.10. The van der Waals surface area contributed by atoms with E-state index in [0.29, 0.717) is 24.8 Å². The van der Waals surface area contributed by atoms with Gasteiger partial charge in [0.05, 0.1) is 6.07 Å². The Morgan fingerprint density at radius 3 is 2.94 bits per heavy atom. The van der Waals surface area contributed by atoms with E-state index in [2.05, 4.69) is 22.0 Å².